The van der Waals surface area contributed by atoms with E-state index in [0.717, 1.165) is 0 Å². The van der Waals surface area contributed by atoms with Crippen LogP contribution in [0.15, 0.2) is 43.0 Å². The Labute approximate surface area is 85.2 Å². The van der Waals surface area contributed by atoms with Gasteiger partial charge >= 0.3 is 0 Å². The van der Waals surface area contributed by atoms with Crippen LogP contribution in [0.2, 0.25) is 0 Å². The van der Waals surface area contributed by atoms with E-state index in [1.54, 1.807) is 13.2 Å². The fraction of sp³-hybridized carbons (Fsp3) is 0.333. The van der Waals surface area contributed by atoms with E-state index in [1.165, 1.54) is 5.56 Å². The molecule has 0 aliphatic carbocycles. The van der Waals surface area contributed by atoms with Gasteiger partial charge in [-0.3, -0.25) is 0 Å². The van der Waals surface area contributed by atoms with Gasteiger partial charge < -0.3 is 9.47 Å². The Morgan fingerprint density at radius 3 is 2.64 bits per heavy atom. The number of methoxy groups -OCH3 is 1. The van der Waals surface area contributed by atoms with Crippen molar-refractivity contribution in [2.45, 2.75) is 12.7 Å². The van der Waals surface area contributed by atoms with Crippen molar-refractivity contribution < 1.29 is 9.47 Å². The Bertz CT molecular complexity index is 256. The second kappa shape index (κ2) is 6.35. The molecular weight excluding hydrogens is 176 g/mol. The van der Waals surface area contributed by atoms with Gasteiger partial charge in [0.1, 0.15) is 0 Å². The van der Waals surface area contributed by atoms with Crippen LogP contribution in [0.3, 0.4) is 0 Å². The van der Waals surface area contributed by atoms with Crippen LogP contribution in [0.4, 0.5) is 0 Å². The molecule has 1 atom stereocenters. The lowest BCUT2D eigenvalue weighted by atomic mass is 10.2. The summed E-state index contributed by atoms with van der Waals surface area (Å²) in [6, 6.07) is 10.1. The average Bonchev–Trinajstić information content (AvgIpc) is 2.26. The lowest BCUT2D eigenvalue weighted by Gasteiger charge is -2.10. The quantitative estimate of drug-likeness (QED) is 0.644. The lowest BCUT2D eigenvalue weighted by Crippen LogP contribution is -2.14. The average molecular weight is 192 g/mol. The summed E-state index contributed by atoms with van der Waals surface area (Å²) in [6.45, 7) is 4.82. The van der Waals surface area contributed by atoms with E-state index in [4.69, 9.17) is 9.47 Å². The first-order valence-corrected chi connectivity index (χ1v) is 4.64. The molecule has 0 aliphatic rings. The van der Waals surface area contributed by atoms with E-state index in [2.05, 4.69) is 6.58 Å². The van der Waals surface area contributed by atoms with Gasteiger partial charge in [-0.2, -0.15) is 0 Å². The van der Waals surface area contributed by atoms with Crippen molar-refractivity contribution in [2.75, 3.05) is 13.7 Å². The minimum Gasteiger partial charge on any atom is -0.375 e. The van der Waals surface area contributed by atoms with Crippen LogP contribution in [0.25, 0.3) is 0 Å². The molecule has 76 valence electrons. The maximum Gasteiger partial charge on any atom is 0.0983 e. The first-order chi connectivity index (χ1) is 6.86. The summed E-state index contributed by atoms with van der Waals surface area (Å²) in [5.74, 6) is 0. The summed E-state index contributed by atoms with van der Waals surface area (Å²) < 4.78 is 10.6. The Morgan fingerprint density at radius 2 is 2.07 bits per heavy atom. The molecule has 0 aromatic heterocycles. The van der Waals surface area contributed by atoms with Crippen molar-refractivity contribution in [1.29, 1.82) is 0 Å². The van der Waals surface area contributed by atoms with Gasteiger partial charge in [0, 0.05) is 7.11 Å². The molecule has 2 nitrogen and oxygen atoms in total. The fourth-order valence-electron chi connectivity index (χ4n) is 1.10. The highest BCUT2D eigenvalue weighted by Gasteiger charge is 2.01. The molecule has 0 radical (unpaired) electrons. The third-order valence-electron chi connectivity index (χ3n) is 1.96. The summed E-state index contributed by atoms with van der Waals surface area (Å²) in [5.41, 5.74) is 1.17. The van der Waals surface area contributed by atoms with Gasteiger partial charge in [0.05, 0.1) is 19.3 Å². The molecule has 1 aromatic rings. The number of benzene rings is 1. The van der Waals surface area contributed by atoms with Crippen LogP contribution in [0.1, 0.15) is 5.56 Å². The smallest absolute Gasteiger partial charge is 0.0983 e. The lowest BCUT2D eigenvalue weighted by molar-refractivity contribution is 0.0259. The highest BCUT2D eigenvalue weighted by atomic mass is 16.5. The van der Waals surface area contributed by atoms with Gasteiger partial charge in [-0.05, 0) is 5.56 Å². The van der Waals surface area contributed by atoms with Crippen LogP contribution in [0, 0.1) is 0 Å². The molecule has 1 aromatic carbocycles. The zero-order chi connectivity index (χ0) is 10.2. The van der Waals surface area contributed by atoms with E-state index >= 15 is 0 Å². The van der Waals surface area contributed by atoms with Crippen molar-refractivity contribution >= 4 is 0 Å². The Morgan fingerprint density at radius 1 is 1.36 bits per heavy atom. The largest absolute Gasteiger partial charge is 0.375 e. The van der Waals surface area contributed by atoms with Gasteiger partial charge in [0.15, 0.2) is 0 Å². The molecule has 14 heavy (non-hydrogen) atoms. The summed E-state index contributed by atoms with van der Waals surface area (Å²) in [6.07, 6.45) is 1.73. The molecule has 0 fully saturated rings. The molecule has 0 amide bonds. The molecule has 0 saturated heterocycles. The topological polar surface area (TPSA) is 18.5 Å². The van der Waals surface area contributed by atoms with E-state index in [-0.39, 0.29) is 6.10 Å². The van der Waals surface area contributed by atoms with Crippen LogP contribution in [0.5, 0.6) is 0 Å². The highest BCUT2D eigenvalue weighted by Crippen LogP contribution is 2.01. The van der Waals surface area contributed by atoms with Gasteiger partial charge in [0.2, 0.25) is 0 Å². The van der Waals surface area contributed by atoms with E-state index in [1.807, 2.05) is 30.3 Å². The second-order valence-electron chi connectivity index (χ2n) is 3.01. The molecule has 0 bridgehead atoms. The monoisotopic (exact) mass is 192 g/mol. The maximum atomic E-state index is 5.47. The highest BCUT2D eigenvalue weighted by molar-refractivity contribution is 5.13. The molecular formula is C12H16O2. The molecule has 0 spiro atoms. The van der Waals surface area contributed by atoms with E-state index < -0.39 is 0 Å². The van der Waals surface area contributed by atoms with Crippen molar-refractivity contribution in [3.63, 3.8) is 0 Å². The number of rotatable bonds is 6. The van der Waals surface area contributed by atoms with Gasteiger partial charge in [0.25, 0.3) is 0 Å². The zero-order valence-corrected chi connectivity index (χ0v) is 8.48. The molecule has 0 saturated carbocycles. The van der Waals surface area contributed by atoms with Crippen LogP contribution >= 0.6 is 0 Å². The minimum atomic E-state index is -0.0151. The van der Waals surface area contributed by atoms with Crippen molar-refractivity contribution in [3.05, 3.63) is 48.6 Å². The summed E-state index contributed by atoms with van der Waals surface area (Å²) in [5, 5.41) is 0. The Balaban J connectivity index is 2.25. The molecule has 0 N–H and O–H groups in total. The SMILES string of the molecule is C=CC(COCc1ccccc1)OC. The van der Waals surface area contributed by atoms with Crippen LogP contribution < -0.4 is 0 Å². The fourth-order valence-corrected chi connectivity index (χ4v) is 1.10. The molecule has 0 heterocycles. The first kappa shape index (κ1) is 11.0. The van der Waals surface area contributed by atoms with E-state index in [9.17, 15) is 0 Å². The Hall–Kier alpha value is -1.12. The third-order valence-corrected chi connectivity index (χ3v) is 1.96. The Kier molecular flexibility index (Phi) is 4.97. The summed E-state index contributed by atoms with van der Waals surface area (Å²) >= 11 is 0. The zero-order valence-electron chi connectivity index (χ0n) is 8.48. The minimum absolute atomic E-state index is 0.0151. The van der Waals surface area contributed by atoms with Gasteiger partial charge in [-0.1, -0.05) is 36.4 Å². The molecule has 1 unspecified atom stereocenters. The summed E-state index contributed by atoms with van der Waals surface area (Å²) in [7, 11) is 1.65. The van der Waals surface area contributed by atoms with Gasteiger partial charge in [-0.25, -0.2) is 0 Å². The summed E-state index contributed by atoms with van der Waals surface area (Å²) in [4.78, 5) is 0. The molecule has 1 rings (SSSR count). The van der Waals surface area contributed by atoms with Crippen molar-refractivity contribution in [3.8, 4) is 0 Å². The van der Waals surface area contributed by atoms with Crippen LogP contribution in [-0.4, -0.2) is 19.8 Å². The number of hydrogen-bond donors (Lipinski definition) is 0. The van der Waals surface area contributed by atoms with Crippen LogP contribution in [-0.2, 0) is 16.1 Å². The predicted molar refractivity (Wildman–Crippen MR) is 57.1 cm³/mol. The predicted octanol–water partition coefficient (Wildman–Crippen LogP) is 2.40. The van der Waals surface area contributed by atoms with Crippen molar-refractivity contribution in [2.24, 2.45) is 0 Å². The normalized spacial score (nSPS) is 12.4. The molecule has 2 heteroatoms. The third kappa shape index (κ3) is 3.73. The molecule has 0 aliphatic heterocycles. The number of ether oxygens (including phenoxy) is 2. The van der Waals surface area contributed by atoms with Gasteiger partial charge in [-0.15, -0.1) is 6.58 Å². The maximum absolute atomic E-state index is 5.47. The van der Waals surface area contributed by atoms with E-state index in [0.29, 0.717) is 13.2 Å². The first-order valence-electron chi connectivity index (χ1n) is 4.64. The standard InChI is InChI=1S/C12H16O2/c1-3-12(13-2)10-14-9-11-7-5-4-6-8-11/h3-8,12H,1,9-10H2,2H3. The number of hydrogen-bond acceptors (Lipinski definition) is 2. The van der Waals surface area contributed by atoms with Crippen molar-refractivity contribution in [1.82, 2.24) is 0 Å². The second-order valence-corrected chi connectivity index (χ2v) is 3.01.